The molecule has 0 unspecified atom stereocenters. The van der Waals surface area contributed by atoms with Crippen LogP contribution in [0.1, 0.15) is 12.8 Å². The first kappa shape index (κ1) is 18.8. The number of rotatable bonds is 10. The molecule has 0 rings (SSSR count). The van der Waals surface area contributed by atoms with Gasteiger partial charge in [-0.25, -0.2) is 8.42 Å². The van der Waals surface area contributed by atoms with Crippen molar-refractivity contribution in [3.05, 3.63) is 0 Å². The van der Waals surface area contributed by atoms with Gasteiger partial charge in [0.2, 0.25) is 10.0 Å². The summed E-state index contributed by atoms with van der Waals surface area (Å²) in [6.07, 6.45) is 0.0947. The van der Waals surface area contributed by atoms with Crippen LogP contribution in [0.3, 0.4) is 0 Å². The van der Waals surface area contributed by atoms with Crippen molar-refractivity contribution < 1.29 is 27.9 Å². The van der Waals surface area contributed by atoms with Crippen molar-refractivity contribution in [2.75, 3.05) is 46.6 Å². The summed E-state index contributed by atoms with van der Waals surface area (Å²) < 4.78 is 29.4. The Morgan fingerprint density at radius 1 is 1.20 bits per heavy atom. The van der Waals surface area contributed by atoms with Crippen LogP contribution in [0.5, 0.6) is 0 Å². The lowest BCUT2D eigenvalue weighted by atomic mass is 10.3. The maximum absolute atomic E-state index is 12.0. The van der Waals surface area contributed by atoms with Crippen LogP contribution >= 0.6 is 0 Å². The summed E-state index contributed by atoms with van der Waals surface area (Å²) in [5.41, 5.74) is 0. The highest BCUT2D eigenvalue weighted by Crippen LogP contribution is 2.06. The van der Waals surface area contributed by atoms with E-state index in [1.54, 1.807) is 19.0 Å². The lowest BCUT2D eigenvalue weighted by molar-refractivity contribution is -0.140. The van der Waals surface area contributed by atoms with Gasteiger partial charge in [0, 0.05) is 19.5 Å². The Labute approximate surface area is 119 Å². The number of esters is 1. The Morgan fingerprint density at radius 3 is 2.25 bits per heavy atom. The molecular weight excluding hydrogens is 288 g/mol. The second-order valence-electron chi connectivity index (χ2n) is 4.53. The van der Waals surface area contributed by atoms with Gasteiger partial charge in [-0.15, -0.1) is 0 Å². The Kier molecular flexibility index (Phi) is 8.35. The predicted octanol–water partition coefficient (Wildman–Crippen LogP) is -0.782. The van der Waals surface area contributed by atoms with Crippen LogP contribution in [0, 0.1) is 0 Å². The van der Waals surface area contributed by atoms with Crippen molar-refractivity contribution in [3.63, 3.8) is 0 Å². The number of ether oxygens (including phenoxy) is 1. The van der Waals surface area contributed by atoms with Gasteiger partial charge in [0.15, 0.2) is 0 Å². The fourth-order valence-electron chi connectivity index (χ4n) is 1.41. The monoisotopic (exact) mass is 310 g/mol. The van der Waals surface area contributed by atoms with Gasteiger partial charge in [-0.05, 0) is 20.5 Å². The van der Waals surface area contributed by atoms with Crippen LogP contribution in [0.25, 0.3) is 0 Å². The first-order valence-corrected chi connectivity index (χ1v) is 7.71. The number of carbonyl (C=O) groups excluding carboxylic acids is 1. The van der Waals surface area contributed by atoms with E-state index >= 15 is 0 Å². The molecule has 0 aliphatic rings. The molecule has 0 atom stereocenters. The van der Waals surface area contributed by atoms with E-state index in [1.807, 2.05) is 0 Å². The predicted molar refractivity (Wildman–Crippen MR) is 72.8 cm³/mol. The van der Waals surface area contributed by atoms with Gasteiger partial charge in [-0.1, -0.05) is 0 Å². The van der Waals surface area contributed by atoms with E-state index in [4.69, 9.17) is 5.11 Å². The van der Waals surface area contributed by atoms with Crippen molar-refractivity contribution in [2.45, 2.75) is 12.8 Å². The minimum absolute atomic E-state index is 0.00960. The van der Waals surface area contributed by atoms with Crippen LogP contribution in [-0.2, 0) is 24.3 Å². The second kappa shape index (κ2) is 8.88. The smallest absolute Gasteiger partial charge is 0.318 e. The molecule has 118 valence electrons. The molecule has 0 spiro atoms. The average Bonchev–Trinajstić information content (AvgIpc) is 2.33. The molecule has 0 aliphatic heterocycles. The maximum atomic E-state index is 12.0. The number of carboxylic acid groups (broad SMARTS) is 1. The van der Waals surface area contributed by atoms with Gasteiger partial charge < -0.3 is 14.7 Å². The molecule has 1 N–H and O–H groups in total. The third-order valence-corrected chi connectivity index (χ3v) is 4.42. The van der Waals surface area contributed by atoms with E-state index in [1.165, 1.54) is 7.11 Å². The Hall–Kier alpha value is -1.19. The zero-order valence-electron chi connectivity index (χ0n) is 12.0. The first-order valence-electron chi connectivity index (χ1n) is 6.10. The van der Waals surface area contributed by atoms with Gasteiger partial charge in [0.1, 0.15) is 6.54 Å². The van der Waals surface area contributed by atoms with Gasteiger partial charge in [0.05, 0.1) is 12.9 Å². The van der Waals surface area contributed by atoms with E-state index < -0.39 is 28.5 Å². The van der Waals surface area contributed by atoms with Crippen LogP contribution in [0.2, 0.25) is 0 Å². The molecule has 0 fully saturated rings. The normalized spacial score (nSPS) is 11.8. The summed E-state index contributed by atoms with van der Waals surface area (Å²) in [4.78, 5) is 23.4. The van der Waals surface area contributed by atoms with Gasteiger partial charge >= 0.3 is 11.9 Å². The summed E-state index contributed by atoms with van der Waals surface area (Å²) in [5.74, 6) is -1.97. The molecule has 20 heavy (non-hydrogen) atoms. The van der Waals surface area contributed by atoms with Gasteiger partial charge in [0.25, 0.3) is 0 Å². The van der Waals surface area contributed by atoms with Crippen molar-refractivity contribution in [3.8, 4) is 0 Å². The molecule has 0 bridgehead atoms. The fraction of sp³-hybridized carbons (Fsp3) is 0.818. The highest BCUT2D eigenvalue weighted by Gasteiger charge is 2.24. The molecule has 0 heterocycles. The molecule has 0 aromatic carbocycles. The van der Waals surface area contributed by atoms with Crippen molar-refractivity contribution in [1.82, 2.24) is 9.21 Å². The van der Waals surface area contributed by atoms with Crippen LogP contribution in [-0.4, -0.2) is 81.3 Å². The third kappa shape index (κ3) is 8.08. The summed E-state index contributed by atoms with van der Waals surface area (Å²) >= 11 is 0. The van der Waals surface area contributed by atoms with E-state index in [0.29, 0.717) is 6.54 Å². The number of sulfonamides is 1. The summed E-state index contributed by atoms with van der Waals surface area (Å²) in [6, 6.07) is 0. The molecule has 0 radical (unpaired) electrons. The molecule has 0 amide bonds. The number of hydrogen-bond donors (Lipinski definition) is 1. The lowest BCUT2D eigenvalue weighted by Crippen LogP contribution is -2.41. The van der Waals surface area contributed by atoms with Crippen molar-refractivity contribution >= 4 is 22.0 Å². The SMILES string of the molecule is COC(=O)CCCS(=O)(=O)N(CCN(C)C)CC(=O)O. The highest BCUT2D eigenvalue weighted by atomic mass is 32.2. The van der Waals surface area contributed by atoms with Crippen molar-refractivity contribution in [1.29, 1.82) is 0 Å². The molecule has 0 saturated carbocycles. The third-order valence-electron chi connectivity index (χ3n) is 2.51. The van der Waals surface area contributed by atoms with Crippen molar-refractivity contribution in [2.24, 2.45) is 0 Å². The number of carbonyl (C=O) groups is 2. The Balaban J connectivity index is 4.59. The van der Waals surface area contributed by atoms with Gasteiger partial charge in [-0.2, -0.15) is 4.31 Å². The summed E-state index contributed by atoms with van der Waals surface area (Å²) in [7, 11) is 1.06. The summed E-state index contributed by atoms with van der Waals surface area (Å²) in [6.45, 7) is -0.0578. The average molecular weight is 310 g/mol. The molecule has 8 nitrogen and oxygen atoms in total. The number of nitrogens with zero attached hydrogens (tertiary/aromatic N) is 2. The quantitative estimate of drug-likeness (QED) is 0.528. The van der Waals surface area contributed by atoms with E-state index in [-0.39, 0.29) is 25.1 Å². The zero-order chi connectivity index (χ0) is 15.8. The molecular formula is C11H22N2O6S. The van der Waals surface area contributed by atoms with Crippen LogP contribution in [0.15, 0.2) is 0 Å². The first-order chi connectivity index (χ1) is 9.19. The van der Waals surface area contributed by atoms with Gasteiger partial charge in [-0.3, -0.25) is 9.59 Å². The van der Waals surface area contributed by atoms with Crippen LogP contribution < -0.4 is 0 Å². The Morgan fingerprint density at radius 2 is 1.80 bits per heavy atom. The minimum Gasteiger partial charge on any atom is -0.480 e. The van der Waals surface area contributed by atoms with E-state index in [2.05, 4.69) is 4.74 Å². The molecule has 0 aromatic heterocycles. The maximum Gasteiger partial charge on any atom is 0.318 e. The van der Waals surface area contributed by atoms with E-state index in [9.17, 15) is 18.0 Å². The van der Waals surface area contributed by atoms with Crippen LogP contribution in [0.4, 0.5) is 0 Å². The number of aliphatic carboxylic acids is 1. The fourth-order valence-corrected chi connectivity index (χ4v) is 2.84. The highest BCUT2D eigenvalue weighted by molar-refractivity contribution is 7.89. The van der Waals surface area contributed by atoms with E-state index in [0.717, 1.165) is 4.31 Å². The standard InChI is InChI=1S/C11H22N2O6S/c1-12(2)6-7-13(9-10(14)15)20(17,18)8-4-5-11(16)19-3/h4-9H2,1-3H3,(H,14,15). The summed E-state index contributed by atoms with van der Waals surface area (Å²) in [5, 5.41) is 8.77. The molecule has 9 heteroatoms. The molecule has 0 aromatic rings. The lowest BCUT2D eigenvalue weighted by Gasteiger charge is -2.22. The topological polar surface area (TPSA) is 104 Å². The Bertz CT molecular complexity index is 421. The molecule has 0 saturated heterocycles. The number of carboxylic acids is 1. The number of hydrogen-bond acceptors (Lipinski definition) is 6. The zero-order valence-corrected chi connectivity index (χ0v) is 12.9. The minimum atomic E-state index is -3.70. The number of methoxy groups -OCH3 is 1. The number of likely N-dealkylation sites (N-methyl/N-ethyl adjacent to an activating group) is 1. The largest absolute Gasteiger partial charge is 0.480 e. The second-order valence-corrected chi connectivity index (χ2v) is 6.61. The molecule has 0 aliphatic carbocycles.